The molecule has 1 aromatic carbocycles. The van der Waals surface area contributed by atoms with Crippen molar-refractivity contribution in [2.75, 3.05) is 26.8 Å². The summed E-state index contributed by atoms with van der Waals surface area (Å²) in [6, 6.07) is 6.44. The minimum Gasteiger partial charge on any atom is -0.381 e. The molecule has 0 saturated heterocycles. The third-order valence-electron chi connectivity index (χ3n) is 3.00. The molecule has 1 aromatic rings. The van der Waals surface area contributed by atoms with Gasteiger partial charge in [0.15, 0.2) is 5.96 Å². The average Bonchev–Trinajstić information content (AvgIpc) is 2.51. The van der Waals surface area contributed by atoms with Crippen molar-refractivity contribution in [1.82, 2.24) is 10.6 Å². The predicted molar refractivity (Wildman–Crippen MR) is 100 cm³/mol. The number of halogens is 2. The summed E-state index contributed by atoms with van der Waals surface area (Å²) in [5, 5.41) is 6.42. The molecule has 0 saturated carbocycles. The van der Waals surface area contributed by atoms with Gasteiger partial charge in [0.2, 0.25) is 0 Å². The van der Waals surface area contributed by atoms with Crippen molar-refractivity contribution in [2.45, 2.75) is 32.7 Å². The summed E-state index contributed by atoms with van der Waals surface area (Å²) >= 11 is 0. The molecule has 0 heterocycles. The molecule has 0 spiro atoms. The summed E-state index contributed by atoms with van der Waals surface area (Å²) in [5.74, 6) is 0.525. The van der Waals surface area contributed by atoms with Crippen LogP contribution >= 0.6 is 24.0 Å². The van der Waals surface area contributed by atoms with E-state index in [1.807, 2.05) is 0 Å². The second kappa shape index (κ2) is 13.8. The molecule has 1 rings (SSSR count). The lowest BCUT2D eigenvalue weighted by molar-refractivity contribution is 0.129. The van der Waals surface area contributed by atoms with Crippen LogP contribution in [0.25, 0.3) is 0 Å². The molecule has 0 atom stereocenters. The summed E-state index contributed by atoms with van der Waals surface area (Å²) in [6.07, 6.45) is 3.23. The fourth-order valence-electron chi connectivity index (χ4n) is 1.74. The highest BCUT2D eigenvalue weighted by molar-refractivity contribution is 14.0. The molecule has 6 heteroatoms. The van der Waals surface area contributed by atoms with Crippen molar-refractivity contribution in [3.8, 4) is 0 Å². The highest BCUT2D eigenvalue weighted by Crippen LogP contribution is 2.01. The van der Waals surface area contributed by atoms with Crippen LogP contribution in [0.1, 0.15) is 31.7 Å². The standard InChI is InChI=1S/C16H26FN3O.HI/c1-3-4-11-21-12-5-10-19-16(18-2)20-13-14-6-8-15(17)9-7-14;/h6-9H,3-5,10-13H2,1-2H3,(H2,18,19,20);1H. The second-order valence-electron chi connectivity index (χ2n) is 4.80. The van der Waals surface area contributed by atoms with E-state index in [4.69, 9.17) is 4.74 Å². The first kappa shape index (κ1) is 21.1. The number of unbranched alkanes of at least 4 members (excludes halogenated alkanes) is 1. The maximum atomic E-state index is 12.8. The Morgan fingerprint density at radius 3 is 2.45 bits per heavy atom. The zero-order valence-corrected chi connectivity index (χ0v) is 15.7. The topological polar surface area (TPSA) is 45.6 Å². The van der Waals surface area contributed by atoms with E-state index in [2.05, 4.69) is 22.5 Å². The number of hydrogen-bond donors (Lipinski definition) is 2. The first-order valence-electron chi connectivity index (χ1n) is 7.53. The molecule has 0 fully saturated rings. The molecule has 0 aromatic heterocycles. The Labute approximate surface area is 149 Å². The van der Waals surface area contributed by atoms with E-state index in [1.54, 1.807) is 19.2 Å². The third-order valence-corrected chi connectivity index (χ3v) is 3.00. The molecular formula is C16H27FIN3O. The fraction of sp³-hybridized carbons (Fsp3) is 0.562. The molecule has 4 nitrogen and oxygen atoms in total. The second-order valence-corrected chi connectivity index (χ2v) is 4.80. The van der Waals surface area contributed by atoms with Gasteiger partial charge in [0, 0.05) is 33.4 Å². The lowest BCUT2D eigenvalue weighted by Gasteiger charge is -2.12. The Bertz CT molecular complexity index is 412. The van der Waals surface area contributed by atoms with Gasteiger partial charge in [0.25, 0.3) is 0 Å². The number of nitrogens with one attached hydrogen (secondary N) is 2. The number of benzene rings is 1. The van der Waals surface area contributed by atoms with Crippen molar-refractivity contribution in [3.63, 3.8) is 0 Å². The number of guanidine groups is 1. The monoisotopic (exact) mass is 423 g/mol. The Morgan fingerprint density at radius 2 is 1.82 bits per heavy atom. The summed E-state index contributed by atoms with van der Waals surface area (Å²) in [4.78, 5) is 4.15. The minimum absolute atomic E-state index is 0. The molecule has 126 valence electrons. The maximum Gasteiger partial charge on any atom is 0.191 e. The van der Waals surface area contributed by atoms with Crippen molar-refractivity contribution < 1.29 is 9.13 Å². The van der Waals surface area contributed by atoms with Gasteiger partial charge in [0.1, 0.15) is 5.82 Å². The Kier molecular flexibility index (Phi) is 13.2. The van der Waals surface area contributed by atoms with Gasteiger partial charge in [-0.15, -0.1) is 24.0 Å². The Hall–Kier alpha value is -0.890. The largest absolute Gasteiger partial charge is 0.381 e. The smallest absolute Gasteiger partial charge is 0.191 e. The lowest BCUT2D eigenvalue weighted by Crippen LogP contribution is -2.37. The quantitative estimate of drug-likeness (QED) is 0.277. The van der Waals surface area contributed by atoms with E-state index in [0.29, 0.717) is 6.54 Å². The zero-order chi connectivity index (χ0) is 15.3. The Balaban J connectivity index is 0.00000441. The third kappa shape index (κ3) is 9.94. The number of rotatable bonds is 9. The summed E-state index contributed by atoms with van der Waals surface area (Å²) in [5.41, 5.74) is 1.02. The van der Waals surface area contributed by atoms with Crippen LogP contribution < -0.4 is 10.6 Å². The molecule has 0 amide bonds. The summed E-state index contributed by atoms with van der Waals surface area (Å²) in [7, 11) is 1.73. The van der Waals surface area contributed by atoms with Crippen molar-refractivity contribution in [1.29, 1.82) is 0 Å². The maximum absolute atomic E-state index is 12.8. The van der Waals surface area contributed by atoms with Crippen LogP contribution in [0.4, 0.5) is 4.39 Å². The van der Waals surface area contributed by atoms with E-state index in [1.165, 1.54) is 12.1 Å². The van der Waals surface area contributed by atoms with Crippen LogP contribution in [0.5, 0.6) is 0 Å². The molecule has 2 N–H and O–H groups in total. The van der Waals surface area contributed by atoms with Gasteiger partial charge >= 0.3 is 0 Å². The van der Waals surface area contributed by atoms with Crippen LogP contribution in [-0.2, 0) is 11.3 Å². The van der Waals surface area contributed by atoms with Crippen molar-refractivity contribution in [2.24, 2.45) is 4.99 Å². The Morgan fingerprint density at radius 1 is 1.14 bits per heavy atom. The minimum atomic E-state index is -0.218. The van der Waals surface area contributed by atoms with Gasteiger partial charge in [-0.2, -0.15) is 0 Å². The van der Waals surface area contributed by atoms with E-state index in [-0.39, 0.29) is 29.8 Å². The summed E-state index contributed by atoms with van der Waals surface area (Å²) in [6.45, 7) is 5.19. The number of nitrogens with zero attached hydrogens (tertiary/aromatic N) is 1. The molecule has 22 heavy (non-hydrogen) atoms. The lowest BCUT2D eigenvalue weighted by atomic mass is 10.2. The van der Waals surface area contributed by atoms with Crippen LogP contribution in [-0.4, -0.2) is 32.8 Å². The summed E-state index contributed by atoms with van der Waals surface area (Å²) < 4.78 is 18.3. The average molecular weight is 423 g/mol. The number of hydrogen-bond acceptors (Lipinski definition) is 2. The van der Waals surface area contributed by atoms with E-state index in [0.717, 1.165) is 50.5 Å². The normalized spacial score (nSPS) is 11.0. The first-order valence-corrected chi connectivity index (χ1v) is 7.53. The van der Waals surface area contributed by atoms with E-state index >= 15 is 0 Å². The van der Waals surface area contributed by atoms with Gasteiger partial charge < -0.3 is 15.4 Å². The number of aliphatic imine (C=N–C) groups is 1. The molecule has 0 radical (unpaired) electrons. The van der Waals surface area contributed by atoms with E-state index < -0.39 is 0 Å². The van der Waals surface area contributed by atoms with Crippen molar-refractivity contribution >= 4 is 29.9 Å². The molecule has 0 bridgehead atoms. The van der Waals surface area contributed by atoms with Crippen LogP contribution in [0.2, 0.25) is 0 Å². The zero-order valence-electron chi connectivity index (χ0n) is 13.4. The van der Waals surface area contributed by atoms with Gasteiger partial charge in [-0.05, 0) is 30.5 Å². The molecule has 0 aliphatic carbocycles. The highest BCUT2D eigenvalue weighted by Gasteiger charge is 1.98. The molecular weight excluding hydrogens is 396 g/mol. The molecule has 0 unspecified atom stereocenters. The van der Waals surface area contributed by atoms with Crippen molar-refractivity contribution in [3.05, 3.63) is 35.6 Å². The SMILES string of the molecule is CCCCOCCCNC(=NC)NCc1ccc(F)cc1.I. The number of ether oxygens (including phenoxy) is 1. The van der Waals surface area contributed by atoms with Gasteiger partial charge in [-0.1, -0.05) is 25.5 Å². The van der Waals surface area contributed by atoms with Crippen LogP contribution in [0, 0.1) is 5.82 Å². The van der Waals surface area contributed by atoms with E-state index in [9.17, 15) is 4.39 Å². The van der Waals surface area contributed by atoms with Gasteiger partial charge in [-0.25, -0.2) is 4.39 Å². The van der Waals surface area contributed by atoms with Crippen LogP contribution in [0.15, 0.2) is 29.3 Å². The predicted octanol–water partition coefficient (Wildman–Crippen LogP) is 3.32. The van der Waals surface area contributed by atoms with Crippen LogP contribution in [0.3, 0.4) is 0 Å². The van der Waals surface area contributed by atoms with Gasteiger partial charge in [0.05, 0.1) is 0 Å². The molecule has 0 aliphatic heterocycles. The van der Waals surface area contributed by atoms with Gasteiger partial charge in [-0.3, -0.25) is 4.99 Å². The fourth-order valence-corrected chi connectivity index (χ4v) is 1.74. The molecule has 0 aliphatic rings. The highest BCUT2D eigenvalue weighted by atomic mass is 127. The first-order chi connectivity index (χ1) is 10.3.